The van der Waals surface area contributed by atoms with Gasteiger partial charge < -0.3 is 9.47 Å². The van der Waals surface area contributed by atoms with Crippen molar-refractivity contribution in [3.63, 3.8) is 0 Å². The van der Waals surface area contributed by atoms with E-state index in [-0.39, 0.29) is 0 Å². The summed E-state index contributed by atoms with van der Waals surface area (Å²) in [5.41, 5.74) is 0. The van der Waals surface area contributed by atoms with Gasteiger partial charge in [0.05, 0.1) is 19.8 Å². The number of halogens is 1. The molecule has 0 heterocycles. The lowest BCUT2D eigenvalue weighted by Gasteiger charge is -2.01. The summed E-state index contributed by atoms with van der Waals surface area (Å²) in [6.45, 7) is 4.87. The lowest BCUT2D eigenvalue weighted by atomic mass is 10.5. The first-order valence-electron chi connectivity index (χ1n) is 3.63. The first kappa shape index (κ1) is 10.2. The molecule has 0 saturated heterocycles. The molecule has 0 aliphatic carbocycles. The van der Waals surface area contributed by atoms with Crippen molar-refractivity contribution >= 4 is 11.6 Å². The number of rotatable bonds is 7. The van der Waals surface area contributed by atoms with E-state index in [0.29, 0.717) is 25.7 Å². The fraction of sp³-hybridized carbons (Fsp3) is 1.00. The lowest BCUT2D eigenvalue weighted by Crippen LogP contribution is -2.06. The van der Waals surface area contributed by atoms with Gasteiger partial charge in [0.25, 0.3) is 0 Å². The summed E-state index contributed by atoms with van der Waals surface area (Å²) >= 11 is 5.38. The van der Waals surface area contributed by atoms with E-state index in [4.69, 9.17) is 21.1 Å². The molecule has 0 atom stereocenters. The van der Waals surface area contributed by atoms with Gasteiger partial charge in [0, 0.05) is 12.5 Å². The van der Waals surface area contributed by atoms with Crippen LogP contribution in [0.2, 0.25) is 0 Å². The monoisotopic (exact) mass is 166 g/mol. The average molecular weight is 167 g/mol. The lowest BCUT2D eigenvalue weighted by molar-refractivity contribution is 0.0538. The van der Waals surface area contributed by atoms with E-state index in [1.54, 1.807) is 0 Å². The molecule has 0 aliphatic heterocycles. The van der Waals surface area contributed by atoms with Gasteiger partial charge in [-0.3, -0.25) is 0 Å². The van der Waals surface area contributed by atoms with Crippen molar-refractivity contribution < 1.29 is 9.47 Å². The van der Waals surface area contributed by atoms with Gasteiger partial charge in [-0.1, -0.05) is 6.92 Å². The predicted molar refractivity (Wildman–Crippen MR) is 42.6 cm³/mol. The second-order valence-corrected chi connectivity index (χ2v) is 2.29. The van der Waals surface area contributed by atoms with Gasteiger partial charge in [-0.25, -0.2) is 0 Å². The summed E-state index contributed by atoms with van der Waals surface area (Å²) in [4.78, 5) is 0. The summed E-state index contributed by atoms with van der Waals surface area (Å²) in [6.07, 6.45) is 1.06. The Labute approximate surface area is 67.5 Å². The summed E-state index contributed by atoms with van der Waals surface area (Å²) in [7, 11) is 0. The number of hydrogen-bond acceptors (Lipinski definition) is 2. The minimum atomic E-state index is 0.563. The highest BCUT2D eigenvalue weighted by Crippen LogP contribution is 1.82. The average Bonchev–Trinajstić information content (AvgIpc) is 1.97. The molecule has 0 bridgehead atoms. The summed E-state index contributed by atoms with van der Waals surface area (Å²) in [5.74, 6) is 0.563. The predicted octanol–water partition coefficient (Wildman–Crippen LogP) is 1.67. The Morgan fingerprint density at radius 2 is 1.60 bits per heavy atom. The minimum absolute atomic E-state index is 0.563. The number of ether oxygens (including phenoxy) is 2. The highest BCUT2D eigenvalue weighted by molar-refractivity contribution is 6.17. The summed E-state index contributed by atoms with van der Waals surface area (Å²) in [5, 5.41) is 0. The van der Waals surface area contributed by atoms with Crippen molar-refractivity contribution in [3.05, 3.63) is 0 Å². The van der Waals surface area contributed by atoms with Crippen LogP contribution in [-0.2, 0) is 9.47 Å². The fourth-order valence-electron chi connectivity index (χ4n) is 0.521. The van der Waals surface area contributed by atoms with Crippen LogP contribution in [0.15, 0.2) is 0 Å². The van der Waals surface area contributed by atoms with Crippen LogP contribution in [0.4, 0.5) is 0 Å². The Balaban J connectivity index is 2.65. The molecule has 3 heteroatoms. The van der Waals surface area contributed by atoms with Crippen molar-refractivity contribution in [2.75, 3.05) is 32.3 Å². The highest BCUT2D eigenvalue weighted by Gasteiger charge is 1.86. The Morgan fingerprint density at radius 1 is 1.00 bits per heavy atom. The summed E-state index contributed by atoms with van der Waals surface area (Å²) < 4.78 is 10.2. The quantitative estimate of drug-likeness (QED) is 0.423. The molecule has 0 aromatic rings. The molecular formula is C7H15ClO2. The largest absolute Gasteiger partial charge is 0.379 e. The van der Waals surface area contributed by atoms with Crippen molar-refractivity contribution in [2.24, 2.45) is 0 Å². The van der Waals surface area contributed by atoms with Crippen LogP contribution in [-0.4, -0.2) is 32.3 Å². The van der Waals surface area contributed by atoms with Crippen molar-refractivity contribution in [1.29, 1.82) is 0 Å². The molecule has 2 nitrogen and oxygen atoms in total. The molecule has 0 aromatic heterocycles. The van der Waals surface area contributed by atoms with E-state index >= 15 is 0 Å². The molecule has 0 aliphatic rings. The smallest absolute Gasteiger partial charge is 0.0701 e. The minimum Gasteiger partial charge on any atom is -0.379 e. The molecule has 10 heavy (non-hydrogen) atoms. The van der Waals surface area contributed by atoms with E-state index in [1.807, 2.05) is 0 Å². The van der Waals surface area contributed by atoms with E-state index in [1.165, 1.54) is 0 Å². The van der Waals surface area contributed by atoms with Gasteiger partial charge in [0.2, 0.25) is 0 Å². The molecular weight excluding hydrogens is 152 g/mol. The Hall–Kier alpha value is 0.210. The molecule has 0 aromatic carbocycles. The molecule has 0 rings (SSSR count). The van der Waals surface area contributed by atoms with Crippen LogP contribution in [0.5, 0.6) is 0 Å². The van der Waals surface area contributed by atoms with Crippen LogP contribution in [0.1, 0.15) is 13.3 Å². The van der Waals surface area contributed by atoms with Gasteiger partial charge in [0.1, 0.15) is 0 Å². The third kappa shape index (κ3) is 8.21. The van der Waals surface area contributed by atoms with Crippen LogP contribution in [0.25, 0.3) is 0 Å². The summed E-state index contributed by atoms with van der Waals surface area (Å²) in [6, 6.07) is 0. The van der Waals surface area contributed by atoms with Gasteiger partial charge in [-0.05, 0) is 6.42 Å². The highest BCUT2D eigenvalue weighted by atomic mass is 35.5. The molecule has 0 radical (unpaired) electrons. The standard InChI is InChI=1S/C7H15ClO2/c1-2-4-9-6-7-10-5-3-8/h2-7H2,1H3. The zero-order chi connectivity index (χ0) is 7.66. The normalized spacial score (nSPS) is 10.2. The van der Waals surface area contributed by atoms with E-state index in [0.717, 1.165) is 13.0 Å². The number of alkyl halides is 1. The SMILES string of the molecule is CCCOCCOCCCl. The van der Waals surface area contributed by atoms with E-state index < -0.39 is 0 Å². The first-order valence-corrected chi connectivity index (χ1v) is 4.16. The second-order valence-electron chi connectivity index (χ2n) is 1.91. The molecule has 0 N–H and O–H groups in total. The fourth-order valence-corrected chi connectivity index (χ4v) is 0.630. The maximum atomic E-state index is 5.38. The van der Waals surface area contributed by atoms with Gasteiger partial charge in [-0.15, -0.1) is 11.6 Å². The Bertz CT molecular complexity index is 51.6. The van der Waals surface area contributed by atoms with Crippen LogP contribution >= 0.6 is 11.6 Å². The van der Waals surface area contributed by atoms with Gasteiger partial charge in [-0.2, -0.15) is 0 Å². The second kappa shape index (κ2) is 9.21. The zero-order valence-corrected chi connectivity index (χ0v) is 7.19. The van der Waals surface area contributed by atoms with Crippen molar-refractivity contribution in [1.82, 2.24) is 0 Å². The molecule has 0 unspecified atom stereocenters. The van der Waals surface area contributed by atoms with Crippen LogP contribution in [0.3, 0.4) is 0 Å². The molecule has 0 saturated carbocycles. The third-order valence-electron chi connectivity index (χ3n) is 0.942. The van der Waals surface area contributed by atoms with Crippen LogP contribution in [0, 0.1) is 0 Å². The third-order valence-corrected chi connectivity index (χ3v) is 1.10. The van der Waals surface area contributed by atoms with Gasteiger partial charge >= 0.3 is 0 Å². The molecule has 0 amide bonds. The maximum absolute atomic E-state index is 5.38. The number of hydrogen-bond donors (Lipinski definition) is 0. The first-order chi connectivity index (χ1) is 4.91. The molecule has 0 fully saturated rings. The van der Waals surface area contributed by atoms with Gasteiger partial charge in [0.15, 0.2) is 0 Å². The maximum Gasteiger partial charge on any atom is 0.0701 e. The molecule has 62 valence electrons. The molecule has 0 spiro atoms. The Kier molecular flexibility index (Phi) is 9.40. The van der Waals surface area contributed by atoms with E-state index in [9.17, 15) is 0 Å². The topological polar surface area (TPSA) is 18.5 Å². The Morgan fingerprint density at radius 3 is 2.10 bits per heavy atom. The van der Waals surface area contributed by atoms with E-state index in [2.05, 4.69) is 6.92 Å². The van der Waals surface area contributed by atoms with Crippen molar-refractivity contribution in [2.45, 2.75) is 13.3 Å². The van der Waals surface area contributed by atoms with Crippen molar-refractivity contribution in [3.8, 4) is 0 Å². The van der Waals surface area contributed by atoms with Crippen LogP contribution < -0.4 is 0 Å². The zero-order valence-electron chi connectivity index (χ0n) is 6.44.